The van der Waals surface area contributed by atoms with E-state index in [0.29, 0.717) is 24.3 Å². The molecular weight excluding hydrogens is 458 g/mol. The number of nitrogens with one attached hydrogen (secondary N) is 1. The molecule has 0 bridgehead atoms. The lowest BCUT2D eigenvalue weighted by Crippen LogP contribution is -2.40. The second kappa shape index (κ2) is 10.8. The number of hydrogen-bond donors (Lipinski definition) is 1. The van der Waals surface area contributed by atoms with Crippen LogP contribution in [0.15, 0.2) is 42.5 Å². The van der Waals surface area contributed by atoms with Gasteiger partial charge in [0, 0.05) is 18.7 Å². The van der Waals surface area contributed by atoms with Gasteiger partial charge in [-0.2, -0.15) is 0 Å². The number of carbonyl (C=O) groups excluding carboxylic acids is 3. The number of carbonyl (C=O) groups is 3. The third-order valence-electron chi connectivity index (χ3n) is 7.43. The number of rotatable bonds is 8. The summed E-state index contributed by atoms with van der Waals surface area (Å²) >= 11 is 0. The summed E-state index contributed by atoms with van der Waals surface area (Å²) in [7, 11) is 1.65. The highest BCUT2D eigenvalue weighted by Crippen LogP contribution is 2.28. The Morgan fingerprint density at radius 2 is 1.78 bits per heavy atom. The summed E-state index contributed by atoms with van der Waals surface area (Å²) in [5.41, 5.74) is 2.13. The second-order valence-electron chi connectivity index (χ2n) is 9.71. The highest BCUT2D eigenvalue weighted by molar-refractivity contribution is 6.22. The fraction of sp³-hybridized carbons (Fsp3) is 0.464. The molecule has 190 valence electrons. The lowest BCUT2D eigenvalue weighted by molar-refractivity contribution is 0.0475. The van der Waals surface area contributed by atoms with Crippen molar-refractivity contribution in [3.8, 4) is 5.75 Å². The summed E-state index contributed by atoms with van der Waals surface area (Å²) in [5, 5.41) is 3.07. The molecule has 0 radical (unpaired) electrons. The van der Waals surface area contributed by atoms with Crippen LogP contribution in [0.2, 0.25) is 0 Å². The molecule has 2 unspecified atom stereocenters. The van der Waals surface area contributed by atoms with Crippen LogP contribution in [0.25, 0.3) is 0 Å². The minimum Gasteiger partial charge on any atom is -0.497 e. The van der Waals surface area contributed by atoms with Crippen LogP contribution in [-0.4, -0.2) is 73.5 Å². The van der Waals surface area contributed by atoms with Crippen molar-refractivity contribution in [2.75, 3.05) is 39.9 Å². The number of benzene rings is 2. The third-order valence-corrected chi connectivity index (χ3v) is 7.43. The van der Waals surface area contributed by atoms with Gasteiger partial charge < -0.3 is 14.8 Å². The van der Waals surface area contributed by atoms with Gasteiger partial charge in [0.2, 0.25) is 0 Å². The van der Waals surface area contributed by atoms with Gasteiger partial charge in [0.1, 0.15) is 5.75 Å². The van der Waals surface area contributed by atoms with Crippen LogP contribution in [0.1, 0.15) is 74.8 Å². The fourth-order valence-corrected chi connectivity index (χ4v) is 5.40. The molecule has 0 saturated carbocycles. The van der Waals surface area contributed by atoms with Crippen molar-refractivity contribution in [1.82, 2.24) is 15.1 Å². The van der Waals surface area contributed by atoms with Crippen LogP contribution in [-0.2, 0) is 4.74 Å². The van der Waals surface area contributed by atoms with Crippen molar-refractivity contribution in [3.63, 3.8) is 0 Å². The molecule has 0 aromatic heterocycles. The van der Waals surface area contributed by atoms with E-state index >= 15 is 0 Å². The summed E-state index contributed by atoms with van der Waals surface area (Å²) in [6.07, 6.45) is 5.18. The average molecular weight is 492 g/mol. The topological polar surface area (TPSA) is 88.2 Å². The normalized spacial score (nSPS) is 20.9. The Morgan fingerprint density at radius 3 is 2.47 bits per heavy atom. The minimum atomic E-state index is -0.357. The highest BCUT2D eigenvalue weighted by atomic mass is 16.5. The summed E-state index contributed by atoms with van der Waals surface area (Å²) in [4.78, 5) is 42.6. The molecule has 2 aromatic rings. The van der Waals surface area contributed by atoms with Crippen molar-refractivity contribution in [2.24, 2.45) is 0 Å². The van der Waals surface area contributed by atoms with E-state index < -0.39 is 0 Å². The van der Waals surface area contributed by atoms with E-state index in [1.807, 2.05) is 24.3 Å². The van der Waals surface area contributed by atoms with E-state index in [2.05, 4.69) is 10.2 Å². The molecule has 0 aliphatic carbocycles. The molecule has 3 aliphatic rings. The van der Waals surface area contributed by atoms with Gasteiger partial charge in [-0.1, -0.05) is 18.6 Å². The van der Waals surface area contributed by atoms with Crippen molar-refractivity contribution >= 4 is 17.7 Å². The van der Waals surface area contributed by atoms with Gasteiger partial charge in [-0.05, 0) is 74.7 Å². The van der Waals surface area contributed by atoms with Crippen LogP contribution < -0.4 is 10.1 Å². The van der Waals surface area contributed by atoms with Gasteiger partial charge in [-0.3, -0.25) is 24.2 Å². The van der Waals surface area contributed by atoms with Gasteiger partial charge in [0.05, 0.1) is 36.9 Å². The number of ether oxygens (including phenoxy) is 2. The first-order valence-corrected chi connectivity index (χ1v) is 12.8. The number of fused-ring (bicyclic) bond motifs is 1. The minimum absolute atomic E-state index is 0.0414. The predicted octanol–water partition coefficient (Wildman–Crippen LogP) is 3.43. The second-order valence-corrected chi connectivity index (χ2v) is 9.71. The smallest absolute Gasteiger partial charge is 0.261 e. The molecule has 2 aromatic carbocycles. The van der Waals surface area contributed by atoms with Crippen LogP contribution >= 0.6 is 0 Å². The lowest BCUT2D eigenvalue weighted by Gasteiger charge is -2.35. The Hall–Kier alpha value is -3.23. The number of likely N-dealkylation sites (tertiary alicyclic amines) is 1. The Kier molecular flexibility index (Phi) is 7.34. The van der Waals surface area contributed by atoms with Crippen molar-refractivity contribution in [2.45, 2.75) is 44.2 Å². The Morgan fingerprint density at radius 1 is 1.03 bits per heavy atom. The summed E-state index contributed by atoms with van der Waals surface area (Å²) in [6.45, 7) is 3.34. The zero-order chi connectivity index (χ0) is 25.1. The maximum atomic E-state index is 13.1. The SMILES string of the molecule is COc1ccc(C(CNC(=O)c2ccc3c(c2)C(=O)N(CC2CCCO2)C3=O)N2CCCCC2)cc1. The van der Waals surface area contributed by atoms with E-state index in [1.165, 1.54) is 11.3 Å². The van der Waals surface area contributed by atoms with Gasteiger partial charge >= 0.3 is 0 Å². The van der Waals surface area contributed by atoms with Crippen LogP contribution in [0, 0.1) is 0 Å². The van der Waals surface area contributed by atoms with Crippen molar-refractivity contribution in [3.05, 3.63) is 64.7 Å². The van der Waals surface area contributed by atoms with Crippen LogP contribution in [0.5, 0.6) is 5.75 Å². The van der Waals surface area contributed by atoms with E-state index in [0.717, 1.165) is 50.1 Å². The number of methoxy groups -OCH3 is 1. The van der Waals surface area contributed by atoms with Gasteiger partial charge in [-0.25, -0.2) is 0 Å². The number of hydrogen-bond acceptors (Lipinski definition) is 6. The molecule has 1 N–H and O–H groups in total. The molecule has 8 nitrogen and oxygen atoms in total. The highest BCUT2D eigenvalue weighted by Gasteiger charge is 2.38. The van der Waals surface area contributed by atoms with Gasteiger partial charge in [0.15, 0.2) is 0 Å². The van der Waals surface area contributed by atoms with Gasteiger partial charge in [-0.15, -0.1) is 0 Å². The summed E-state index contributed by atoms with van der Waals surface area (Å²) in [5.74, 6) is -0.135. The monoisotopic (exact) mass is 491 g/mol. The number of amides is 3. The number of imide groups is 1. The zero-order valence-electron chi connectivity index (χ0n) is 20.7. The average Bonchev–Trinajstić information content (AvgIpc) is 3.52. The first-order valence-electron chi connectivity index (χ1n) is 12.8. The maximum Gasteiger partial charge on any atom is 0.261 e. The third kappa shape index (κ3) is 5.01. The molecule has 3 heterocycles. The van der Waals surface area contributed by atoms with E-state index in [9.17, 15) is 14.4 Å². The Bertz CT molecular complexity index is 1120. The Labute approximate surface area is 211 Å². The van der Waals surface area contributed by atoms with Crippen LogP contribution in [0.3, 0.4) is 0 Å². The molecule has 5 rings (SSSR count). The maximum absolute atomic E-state index is 13.1. The van der Waals surface area contributed by atoms with E-state index in [1.54, 1.807) is 25.3 Å². The number of nitrogens with zero attached hydrogens (tertiary/aromatic N) is 2. The zero-order valence-corrected chi connectivity index (χ0v) is 20.7. The van der Waals surface area contributed by atoms with E-state index in [4.69, 9.17) is 9.47 Å². The van der Waals surface area contributed by atoms with Crippen molar-refractivity contribution < 1.29 is 23.9 Å². The Balaban J connectivity index is 1.29. The van der Waals surface area contributed by atoms with E-state index in [-0.39, 0.29) is 42.0 Å². The first-order chi connectivity index (χ1) is 17.5. The summed E-state index contributed by atoms with van der Waals surface area (Å²) < 4.78 is 10.9. The quantitative estimate of drug-likeness (QED) is 0.570. The predicted molar refractivity (Wildman–Crippen MR) is 134 cm³/mol. The molecule has 3 aliphatic heterocycles. The molecule has 3 amide bonds. The number of piperidine rings is 1. The molecule has 8 heteroatoms. The van der Waals surface area contributed by atoms with Crippen LogP contribution in [0.4, 0.5) is 0 Å². The standard InChI is InChI=1S/C28H33N3O5/c1-35-21-10-7-19(8-11-21)25(30-13-3-2-4-14-30)17-29-26(32)20-9-12-23-24(16-20)28(34)31(27(23)33)18-22-6-5-15-36-22/h7-12,16,22,25H,2-6,13-15,17-18H2,1H3,(H,29,32). The van der Waals surface area contributed by atoms with Gasteiger partial charge in [0.25, 0.3) is 17.7 Å². The molecule has 2 fully saturated rings. The summed E-state index contributed by atoms with van der Waals surface area (Å²) in [6, 6.07) is 12.8. The fourth-order valence-electron chi connectivity index (χ4n) is 5.40. The molecule has 0 spiro atoms. The lowest BCUT2D eigenvalue weighted by atomic mass is 10.0. The molecule has 2 atom stereocenters. The molecule has 36 heavy (non-hydrogen) atoms. The molecular formula is C28H33N3O5. The van der Waals surface area contributed by atoms with Crippen molar-refractivity contribution in [1.29, 1.82) is 0 Å². The first kappa shape index (κ1) is 24.5. The molecule has 2 saturated heterocycles. The largest absolute Gasteiger partial charge is 0.497 e.